The van der Waals surface area contributed by atoms with Gasteiger partial charge >= 0.3 is 0 Å². The second-order valence-corrected chi connectivity index (χ2v) is 5.48. The highest BCUT2D eigenvalue weighted by Gasteiger charge is 2.19. The summed E-state index contributed by atoms with van der Waals surface area (Å²) in [5, 5.41) is 3.44. The van der Waals surface area contributed by atoms with E-state index < -0.39 is 0 Å². The monoisotopic (exact) mass is 231 g/mol. The van der Waals surface area contributed by atoms with Crippen LogP contribution < -0.4 is 5.32 Å². The Kier molecular flexibility index (Phi) is 7.98. The van der Waals surface area contributed by atoms with Gasteiger partial charge in [0.1, 0.15) is 0 Å². The van der Waals surface area contributed by atoms with Crippen molar-refractivity contribution in [3.8, 4) is 0 Å². The van der Waals surface area contributed by atoms with E-state index in [4.69, 9.17) is 9.47 Å². The Labute approximate surface area is 101 Å². The Balaban J connectivity index is 3.71. The van der Waals surface area contributed by atoms with E-state index in [-0.39, 0.29) is 11.5 Å². The maximum atomic E-state index is 5.78. The minimum Gasteiger partial charge on any atom is -0.379 e. The van der Waals surface area contributed by atoms with Gasteiger partial charge in [0.25, 0.3) is 0 Å². The van der Waals surface area contributed by atoms with Crippen molar-refractivity contribution in [2.75, 3.05) is 26.4 Å². The Morgan fingerprint density at radius 3 is 2.31 bits per heavy atom. The molecule has 0 aromatic carbocycles. The fourth-order valence-corrected chi connectivity index (χ4v) is 1.23. The maximum Gasteiger partial charge on any atom is 0.0780 e. The van der Waals surface area contributed by atoms with Crippen LogP contribution in [0.1, 0.15) is 41.5 Å². The first kappa shape index (κ1) is 15.9. The van der Waals surface area contributed by atoms with Crippen LogP contribution in [0.15, 0.2) is 0 Å². The molecule has 0 spiro atoms. The second kappa shape index (κ2) is 8.04. The van der Waals surface area contributed by atoms with Gasteiger partial charge < -0.3 is 14.8 Å². The molecule has 0 aliphatic heterocycles. The van der Waals surface area contributed by atoms with Gasteiger partial charge in [-0.25, -0.2) is 0 Å². The van der Waals surface area contributed by atoms with Crippen molar-refractivity contribution in [3.63, 3.8) is 0 Å². The second-order valence-electron chi connectivity index (χ2n) is 5.48. The van der Waals surface area contributed by atoms with Gasteiger partial charge in [-0.15, -0.1) is 0 Å². The van der Waals surface area contributed by atoms with E-state index in [2.05, 4.69) is 39.9 Å². The van der Waals surface area contributed by atoms with E-state index in [9.17, 15) is 0 Å². The van der Waals surface area contributed by atoms with Crippen molar-refractivity contribution in [3.05, 3.63) is 0 Å². The molecule has 0 aromatic rings. The summed E-state index contributed by atoms with van der Waals surface area (Å²) in [6.45, 7) is 16.0. The highest BCUT2D eigenvalue weighted by molar-refractivity contribution is 4.72. The average Bonchev–Trinajstić information content (AvgIpc) is 2.21. The van der Waals surface area contributed by atoms with E-state index in [1.807, 2.05) is 6.92 Å². The number of hydrogen-bond donors (Lipinski definition) is 1. The van der Waals surface area contributed by atoms with E-state index in [1.165, 1.54) is 0 Å². The van der Waals surface area contributed by atoms with Crippen molar-refractivity contribution in [1.29, 1.82) is 0 Å². The van der Waals surface area contributed by atoms with E-state index in [0.717, 1.165) is 19.8 Å². The molecule has 3 nitrogen and oxygen atoms in total. The lowest BCUT2D eigenvalue weighted by Crippen LogP contribution is -2.37. The molecule has 16 heavy (non-hydrogen) atoms. The lowest BCUT2D eigenvalue weighted by molar-refractivity contribution is -0.0331. The van der Waals surface area contributed by atoms with Crippen LogP contribution in [0.2, 0.25) is 0 Å². The third kappa shape index (κ3) is 9.13. The summed E-state index contributed by atoms with van der Waals surface area (Å²) >= 11 is 0. The zero-order chi connectivity index (χ0) is 12.6. The van der Waals surface area contributed by atoms with Crippen LogP contribution in [0, 0.1) is 5.41 Å². The zero-order valence-corrected chi connectivity index (χ0v) is 11.8. The Bertz CT molecular complexity index is 169. The molecule has 98 valence electrons. The SMILES string of the molecule is CCOCC(C)OCC(C)(C)CNC(C)C. The largest absolute Gasteiger partial charge is 0.379 e. The smallest absolute Gasteiger partial charge is 0.0780 e. The average molecular weight is 231 g/mol. The summed E-state index contributed by atoms with van der Waals surface area (Å²) in [5.74, 6) is 0. The van der Waals surface area contributed by atoms with Crippen LogP contribution in [0.4, 0.5) is 0 Å². The van der Waals surface area contributed by atoms with Gasteiger partial charge in [-0.3, -0.25) is 0 Å². The molecule has 3 heteroatoms. The van der Waals surface area contributed by atoms with Gasteiger partial charge in [0.2, 0.25) is 0 Å². The van der Waals surface area contributed by atoms with Gasteiger partial charge in [-0.1, -0.05) is 27.7 Å². The molecule has 0 fully saturated rings. The Morgan fingerprint density at radius 1 is 1.19 bits per heavy atom. The Hall–Kier alpha value is -0.120. The first-order chi connectivity index (χ1) is 7.37. The van der Waals surface area contributed by atoms with E-state index >= 15 is 0 Å². The standard InChI is InChI=1S/C13H29NO2/c1-7-15-8-12(4)16-10-13(5,6)9-14-11(2)3/h11-12,14H,7-10H2,1-6H3. The molecule has 0 aliphatic rings. The third-order valence-corrected chi connectivity index (χ3v) is 2.30. The van der Waals surface area contributed by atoms with Gasteiger partial charge in [-0.05, 0) is 13.8 Å². The predicted molar refractivity (Wildman–Crippen MR) is 68.8 cm³/mol. The minimum absolute atomic E-state index is 0.171. The van der Waals surface area contributed by atoms with Crippen LogP contribution in [0.25, 0.3) is 0 Å². The first-order valence-corrected chi connectivity index (χ1v) is 6.30. The number of rotatable bonds is 9. The van der Waals surface area contributed by atoms with Gasteiger partial charge in [0, 0.05) is 24.6 Å². The summed E-state index contributed by atoms with van der Waals surface area (Å²) in [7, 11) is 0. The van der Waals surface area contributed by atoms with Gasteiger partial charge in [0.15, 0.2) is 0 Å². The summed E-state index contributed by atoms with van der Waals surface area (Å²) in [6.07, 6.45) is 0.179. The van der Waals surface area contributed by atoms with Crippen LogP contribution in [0.3, 0.4) is 0 Å². The zero-order valence-electron chi connectivity index (χ0n) is 11.8. The summed E-state index contributed by atoms with van der Waals surface area (Å²) < 4.78 is 11.1. The van der Waals surface area contributed by atoms with Crippen molar-refractivity contribution >= 4 is 0 Å². The van der Waals surface area contributed by atoms with Crippen molar-refractivity contribution in [2.24, 2.45) is 5.41 Å². The molecule has 0 saturated carbocycles. The molecule has 0 saturated heterocycles. The van der Waals surface area contributed by atoms with Gasteiger partial charge in [-0.2, -0.15) is 0 Å². The minimum atomic E-state index is 0.171. The highest BCUT2D eigenvalue weighted by atomic mass is 16.5. The molecule has 0 bridgehead atoms. The van der Waals surface area contributed by atoms with Crippen molar-refractivity contribution in [1.82, 2.24) is 5.32 Å². The van der Waals surface area contributed by atoms with Gasteiger partial charge in [0.05, 0.1) is 19.3 Å². The molecule has 1 atom stereocenters. The van der Waals surface area contributed by atoms with Crippen LogP contribution in [0.5, 0.6) is 0 Å². The van der Waals surface area contributed by atoms with E-state index in [1.54, 1.807) is 0 Å². The molecule has 1 unspecified atom stereocenters. The van der Waals surface area contributed by atoms with Crippen LogP contribution in [-0.4, -0.2) is 38.5 Å². The van der Waals surface area contributed by atoms with Crippen LogP contribution in [-0.2, 0) is 9.47 Å². The normalized spacial score (nSPS) is 14.4. The number of ether oxygens (including phenoxy) is 2. The quantitative estimate of drug-likeness (QED) is 0.661. The molecular weight excluding hydrogens is 202 g/mol. The molecule has 0 aromatic heterocycles. The third-order valence-electron chi connectivity index (χ3n) is 2.30. The number of hydrogen-bond acceptors (Lipinski definition) is 3. The first-order valence-electron chi connectivity index (χ1n) is 6.30. The maximum absolute atomic E-state index is 5.78. The molecule has 0 aliphatic carbocycles. The summed E-state index contributed by atoms with van der Waals surface area (Å²) in [4.78, 5) is 0. The van der Waals surface area contributed by atoms with E-state index in [0.29, 0.717) is 12.6 Å². The number of nitrogens with one attached hydrogen (secondary N) is 1. The highest BCUT2D eigenvalue weighted by Crippen LogP contribution is 2.15. The summed E-state index contributed by atoms with van der Waals surface area (Å²) in [6, 6.07) is 0.528. The Morgan fingerprint density at radius 2 is 1.81 bits per heavy atom. The fourth-order valence-electron chi connectivity index (χ4n) is 1.23. The fraction of sp³-hybridized carbons (Fsp3) is 1.00. The molecule has 0 amide bonds. The molecule has 1 N–H and O–H groups in total. The molecule has 0 radical (unpaired) electrons. The molecular formula is C13H29NO2. The van der Waals surface area contributed by atoms with Crippen molar-refractivity contribution < 1.29 is 9.47 Å². The lowest BCUT2D eigenvalue weighted by atomic mass is 9.94. The molecule has 0 heterocycles. The molecule has 0 rings (SSSR count). The summed E-state index contributed by atoms with van der Waals surface area (Å²) in [5.41, 5.74) is 0.171. The lowest BCUT2D eigenvalue weighted by Gasteiger charge is -2.27. The van der Waals surface area contributed by atoms with Crippen LogP contribution >= 0.6 is 0 Å². The predicted octanol–water partition coefficient (Wildman–Crippen LogP) is 2.45. The topological polar surface area (TPSA) is 30.5 Å². The van der Waals surface area contributed by atoms with Crippen molar-refractivity contribution in [2.45, 2.75) is 53.7 Å².